The molecule has 1 unspecified atom stereocenters. The van der Waals surface area contributed by atoms with Crippen LogP contribution < -0.4 is 4.90 Å². The number of nitro benzene ring substituents is 1. The van der Waals surface area contributed by atoms with E-state index >= 15 is 0 Å². The summed E-state index contributed by atoms with van der Waals surface area (Å²) < 4.78 is 5.48. The predicted molar refractivity (Wildman–Crippen MR) is 108 cm³/mol. The van der Waals surface area contributed by atoms with E-state index in [0.29, 0.717) is 11.4 Å². The molecule has 0 bridgehead atoms. The first kappa shape index (κ1) is 19.1. The van der Waals surface area contributed by atoms with Crippen LogP contribution >= 0.6 is 0 Å². The summed E-state index contributed by atoms with van der Waals surface area (Å²) in [5, 5.41) is 21.8. The summed E-state index contributed by atoms with van der Waals surface area (Å²) in [6.45, 7) is 1.90. The predicted octanol–water partition coefficient (Wildman–Crippen LogP) is 4.12. The molecule has 0 radical (unpaired) electrons. The van der Waals surface area contributed by atoms with Gasteiger partial charge in [0.25, 0.3) is 17.4 Å². The molecule has 1 aliphatic heterocycles. The van der Waals surface area contributed by atoms with Crippen molar-refractivity contribution in [1.29, 1.82) is 0 Å². The number of furan rings is 1. The Bertz CT molecular complexity index is 1160. The minimum absolute atomic E-state index is 0.149. The molecule has 1 atom stereocenters. The Morgan fingerprint density at radius 3 is 2.30 bits per heavy atom. The highest BCUT2D eigenvalue weighted by atomic mass is 16.6. The van der Waals surface area contributed by atoms with Gasteiger partial charge in [0.05, 0.1) is 16.8 Å². The average Bonchev–Trinajstić information content (AvgIpc) is 3.36. The largest absolute Gasteiger partial charge is 0.507 e. The molecular formula is C22H16N2O6. The molecule has 150 valence electrons. The van der Waals surface area contributed by atoms with Crippen molar-refractivity contribution in [2.24, 2.45) is 0 Å². The lowest BCUT2D eigenvalue weighted by molar-refractivity contribution is -0.384. The first-order valence-electron chi connectivity index (χ1n) is 9.04. The number of benzene rings is 2. The van der Waals surface area contributed by atoms with E-state index in [1.807, 2.05) is 19.1 Å². The van der Waals surface area contributed by atoms with Crippen molar-refractivity contribution < 1.29 is 24.0 Å². The number of ketones is 1. The summed E-state index contributed by atoms with van der Waals surface area (Å²) in [6.07, 6.45) is 1.41. The van der Waals surface area contributed by atoms with E-state index in [1.165, 1.54) is 35.4 Å². The molecule has 8 heteroatoms. The van der Waals surface area contributed by atoms with Crippen LogP contribution in [-0.2, 0) is 9.59 Å². The van der Waals surface area contributed by atoms with Gasteiger partial charge in [-0.3, -0.25) is 24.6 Å². The molecule has 3 aromatic rings. The number of Topliss-reactive ketones (excluding diaryl/α,β-unsaturated/α-hetero) is 1. The number of carbonyl (C=O) groups is 2. The van der Waals surface area contributed by atoms with Crippen LogP contribution in [-0.4, -0.2) is 21.7 Å². The minimum Gasteiger partial charge on any atom is -0.507 e. The lowest BCUT2D eigenvalue weighted by Gasteiger charge is -2.23. The van der Waals surface area contributed by atoms with Crippen LogP contribution in [0.2, 0.25) is 0 Å². The van der Waals surface area contributed by atoms with Crippen LogP contribution in [0.1, 0.15) is 22.9 Å². The number of rotatable bonds is 4. The number of aliphatic hydroxyl groups is 1. The number of amides is 1. The van der Waals surface area contributed by atoms with Crippen molar-refractivity contribution in [3.05, 3.63) is 99.5 Å². The number of carbonyl (C=O) groups excluding carboxylic acids is 2. The number of aryl methyl sites for hydroxylation is 1. The number of hydrogen-bond acceptors (Lipinski definition) is 6. The maximum Gasteiger partial charge on any atom is 0.300 e. The number of aliphatic hydroxyl groups excluding tert-OH is 1. The number of non-ortho nitro benzene ring substituents is 1. The van der Waals surface area contributed by atoms with Crippen molar-refractivity contribution in [3.63, 3.8) is 0 Å². The second kappa shape index (κ2) is 7.32. The lowest BCUT2D eigenvalue weighted by atomic mass is 9.99. The highest BCUT2D eigenvalue weighted by Gasteiger charge is 2.48. The Balaban J connectivity index is 1.88. The fraction of sp³-hybridized carbons (Fsp3) is 0.0909. The standard InChI is InChI=1S/C22H16N2O6/c1-13-4-8-15(9-5-13)23-19(17-3-2-12-30-17)18(21(26)22(23)27)20(25)14-6-10-16(11-7-14)24(28)29/h2-12,19,25H,1H3/b20-18-. The topological polar surface area (TPSA) is 114 Å². The smallest absolute Gasteiger partial charge is 0.300 e. The van der Waals surface area contributed by atoms with Crippen molar-refractivity contribution in [2.45, 2.75) is 13.0 Å². The molecule has 30 heavy (non-hydrogen) atoms. The van der Waals surface area contributed by atoms with Gasteiger partial charge in [-0.2, -0.15) is 0 Å². The Labute approximate surface area is 170 Å². The SMILES string of the molecule is Cc1ccc(N2C(=O)C(=O)/C(=C(\O)c3ccc([N+](=O)[O-])cc3)C2c2ccco2)cc1. The number of nitro groups is 1. The van der Waals surface area contributed by atoms with Gasteiger partial charge in [-0.15, -0.1) is 0 Å². The molecule has 4 rings (SSSR count). The summed E-state index contributed by atoms with van der Waals surface area (Å²) in [4.78, 5) is 37.4. The molecule has 1 aliphatic rings. The van der Waals surface area contributed by atoms with Gasteiger partial charge in [-0.05, 0) is 43.3 Å². The number of hydrogen-bond donors (Lipinski definition) is 1. The van der Waals surface area contributed by atoms with Gasteiger partial charge in [-0.1, -0.05) is 17.7 Å². The van der Waals surface area contributed by atoms with Gasteiger partial charge in [0, 0.05) is 23.4 Å². The van der Waals surface area contributed by atoms with Gasteiger partial charge < -0.3 is 9.52 Å². The first-order chi connectivity index (χ1) is 14.4. The Morgan fingerprint density at radius 1 is 1.07 bits per heavy atom. The van der Waals surface area contributed by atoms with E-state index < -0.39 is 28.4 Å². The maximum absolute atomic E-state index is 12.9. The van der Waals surface area contributed by atoms with Crippen LogP contribution in [0.4, 0.5) is 11.4 Å². The normalized spacial score (nSPS) is 18.0. The maximum atomic E-state index is 12.9. The Kier molecular flexibility index (Phi) is 4.67. The third-order valence-corrected chi connectivity index (χ3v) is 4.92. The Hall–Kier alpha value is -4.20. The highest BCUT2D eigenvalue weighted by Crippen LogP contribution is 2.42. The zero-order valence-electron chi connectivity index (χ0n) is 15.8. The second-order valence-electron chi connectivity index (χ2n) is 6.82. The van der Waals surface area contributed by atoms with Crippen molar-refractivity contribution >= 4 is 28.8 Å². The van der Waals surface area contributed by atoms with Crippen LogP contribution in [0.25, 0.3) is 5.76 Å². The highest BCUT2D eigenvalue weighted by molar-refractivity contribution is 6.51. The molecule has 8 nitrogen and oxygen atoms in total. The van der Waals surface area contributed by atoms with E-state index in [1.54, 1.807) is 24.3 Å². The molecule has 0 aliphatic carbocycles. The molecule has 1 amide bonds. The Morgan fingerprint density at radius 2 is 1.73 bits per heavy atom. The van der Waals surface area contributed by atoms with E-state index in [9.17, 15) is 24.8 Å². The van der Waals surface area contributed by atoms with E-state index in [0.717, 1.165) is 5.56 Å². The zero-order chi connectivity index (χ0) is 21.4. The van der Waals surface area contributed by atoms with Crippen LogP contribution in [0.15, 0.2) is 76.9 Å². The summed E-state index contributed by atoms with van der Waals surface area (Å²) in [5.74, 6) is -1.80. The summed E-state index contributed by atoms with van der Waals surface area (Å²) in [5.41, 5.74) is 1.33. The molecule has 1 aromatic heterocycles. The second-order valence-corrected chi connectivity index (χ2v) is 6.82. The van der Waals surface area contributed by atoms with Gasteiger partial charge >= 0.3 is 0 Å². The minimum atomic E-state index is -0.974. The van der Waals surface area contributed by atoms with Crippen molar-refractivity contribution in [3.8, 4) is 0 Å². The molecule has 1 saturated heterocycles. The molecule has 2 aromatic carbocycles. The third kappa shape index (κ3) is 3.14. The fourth-order valence-corrected chi connectivity index (χ4v) is 3.42. The van der Waals surface area contributed by atoms with Gasteiger partial charge in [-0.25, -0.2) is 0 Å². The van der Waals surface area contributed by atoms with E-state index in [2.05, 4.69) is 0 Å². The van der Waals surface area contributed by atoms with Crippen LogP contribution in [0.3, 0.4) is 0 Å². The first-order valence-corrected chi connectivity index (χ1v) is 9.04. The molecule has 1 fully saturated rings. The zero-order valence-corrected chi connectivity index (χ0v) is 15.8. The van der Waals surface area contributed by atoms with Gasteiger partial charge in [0.15, 0.2) is 0 Å². The lowest BCUT2D eigenvalue weighted by Crippen LogP contribution is -2.29. The third-order valence-electron chi connectivity index (χ3n) is 4.92. The number of anilines is 1. The van der Waals surface area contributed by atoms with Crippen molar-refractivity contribution in [2.75, 3.05) is 4.90 Å². The van der Waals surface area contributed by atoms with Crippen LogP contribution in [0.5, 0.6) is 0 Å². The van der Waals surface area contributed by atoms with Crippen LogP contribution in [0, 0.1) is 17.0 Å². The van der Waals surface area contributed by atoms with Gasteiger partial charge in [0.1, 0.15) is 17.6 Å². The number of nitrogens with zero attached hydrogens (tertiary/aromatic N) is 2. The monoisotopic (exact) mass is 404 g/mol. The fourth-order valence-electron chi connectivity index (χ4n) is 3.42. The van der Waals surface area contributed by atoms with Crippen molar-refractivity contribution in [1.82, 2.24) is 0 Å². The van der Waals surface area contributed by atoms with E-state index in [4.69, 9.17) is 4.42 Å². The quantitative estimate of drug-likeness (QED) is 0.230. The molecule has 0 spiro atoms. The summed E-state index contributed by atoms with van der Waals surface area (Å²) >= 11 is 0. The van der Waals surface area contributed by atoms with Gasteiger partial charge in [0.2, 0.25) is 0 Å². The molecule has 2 heterocycles. The summed E-state index contributed by atoms with van der Waals surface area (Å²) in [7, 11) is 0. The molecule has 1 N–H and O–H groups in total. The van der Waals surface area contributed by atoms with E-state index in [-0.39, 0.29) is 16.8 Å². The average molecular weight is 404 g/mol. The molecular weight excluding hydrogens is 388 g/mol. The summed E-state index contributed by atoms with van der Waals surface area (Å²) in [6, 6.07) is 14.4. The molecule has 0 saturated carbocycles.